The van der Waals surface area contributed by atoms with E-state index in [4.69, 9.17) is 80.5 Å². The van der Waals surface area contributed by atoms with Gasteiger partial charge in [0.1, 0.15) is 219 Å². The van der Waals surface area contributed by atoms with Gasteiger partial charge in [-0.1, -0.05) is 0 Å². The summed E-state index contributed by atoms with van der Waals surface area (Å²) in [4.78, 5) is 0. The Hall–Kier alpha value is -1.41. The fourth-order valence-electron chi connectivity index (χ4n) is 13.3. The zero-order valence-corrected chi connectivity index (χ0v) is 52.6. The molecule has 14 bridgehead atoms. The number of aliphatic hydroxyl groups is 27. The lowest BCUT2D eigenvalue weighted by molar-refractivity contribution is -0.396. The van der Waals surface area contributed by atoms with Crippen molar-refractivity contribution in [1.82, 2.24) is 0 Å². The van der Waals surface area contributed by atoms with Gasteiger partial charge in [0.25, 0.3) is 0 Å². The largest absolute Gasteiger partial charge is 0.394 e. The van der Waals surface area contributed by atoms with E-state index in [1.54, 1.807) is 0 Å². The molecule has 45 heteroatoms. The molecule has 0 aromatic carbocycles. The molecule has 0 radical (unpaired) electrons. The van der Waals surface area contributed by atoms with Gasteiger partial charge in [-0.25, -0.2) is 0 Å². The van der Waals surface area contributed by atoms with Crippen LogP contribution in [0, 0.1) is 0 Å². The molecular weight excluding hydrogens is 1380 g/mol. The number of aliphatic hydroxyl groups excluding tert-OH is 27. The molecule has 23 saturated heterocycles. The third kappa shape index (κ3) is 16.1. The lowest BCUT2D eigenvalue weighted by Crippen LogP contribution is -2.68. The van der Waals surface area contributed by atoms with Crippen LogP contribution in [-0.2, 0) is 80.5 Å². The molecule has 0 saturated carbocycles. The molecule has 0 aromatic heterocycles. The van der Waals surface area contributed by atoms with E-state index >= 15 is 0 Å². The summed E-state index contributed by atoms with van der Waals surface area (Å²) in [5.74, 6) is -0.681. The number of thioether (sulfide) groups is 1. The van der Waals surface area contributed by atoms with Crippen molar-refractivity contribution in [3.8, 4) is 0 Å². The van der Waals surface area contributed by atoms with E-state index in [1.165, 1.54) is 0 Å². The Morgan fingerprint density at radius 3 is 0.697 bits per heavy atom. The smallest absolute Gasteiger partial charge is 0.187 e. The van der Waals surface area contributed by atoms with Crippen LogP contribution >= 0.6 is 11.8 Å². The Kier molecular flexibility index (Phi) is 27.7. The SMILES string of the molecule is OC[C@H]1O[C@H](O[C@H]2[C@H](O)[C@@H](O)[C@@H](SC[C@H]3O[C@@H]4O[C@H]5[C@H](O)[C@H](O)[C@@H](O[C@H]6[C@H](O)[C@H](O)[C@@H](O[C@H]7[C@H](O)[C@@H](O)[C@@H](O[C@H]8[C@H](O)[C@@H](O)[C@@H](O[C@H]9[C@H](O)[C@@H](O)[C@@H](O[C@H]%10[C@H](O)[C@@H](O)[C@@H](O[C@H]3[C@H](O)[C@H]4O)O[C@@H]%10CO)O[C@@H]9CO)O[C@@H]8CO)O[C@@H]7CO)O[C@@H]6CO)O[C@@H]5CO)O[C@@H]2CO)[C@H](O)[C@@H](O)[C@@H]1O. The minimum Gasteiger partial charge on any atom is -0.394 e. The van der Waals surface area contributed by atoms with Crippen LogP contribution in [0.4, 0.5) is 0 Å². The van der Waals surface area contributed by atoms with E-state index in [0.717, 1.165) is 0 Å². The van der Waals surface area contributed by atoms with Crippen LogP contribution in [0.25, 0.3) is 0 Å². The Morgan fingerprint density at radius 2 is 0.444 bits per heavy atom. The van der Waals surface area contributed by atoms with Gasteiger partial charge in [-0.05, 0) is 0 Å². The van der Waals surface area contributed by atoms with Crippen LogP contribution in [0.2, 0.25) is 0 Å². The van der Waals surface area contributed by atoms with Crippen molar-refractivity contribution in [3.63, 3.8) is 0 Å². The van der Waals surface area contributed by atoms with Crippen LogP contribution in [0.3, 0.4) is 0 Å². The molecule has 23 rings (SSSR count). The minimum atomic E-state index is -2.38. The molecule has 23 aliphatic heterocycles. The quantitative estimate of drug-likeness (QED) is 0.0814. The van der Waals surface area contributed by atoms with Crippen LogP contribution in [-0.4, -0.2) is 472 Å². The van der Waals surface area contributed by atoms with Crippen molar-refractivity contribution in [1.29, 1.82) is 0 Å². The maximum Gasteiger partial charge on any atom is 0.187 e. The summed E-state index contributed by atoms with van der Waals surface area (Å²) >= 11 is 0.518. The number of hydrogen-bond acceptors (Lipinski definition) is 45. The maximum absolute atomic E-state index is 12.0. The molecule has 23 fully saturated rings. The van der Waals surface area contributed by atoms with Crippen molar-refractivity contribution in [2.45, 2.75) is 275 Å². The minimum absolute atomic E-state index is 0.518. The first-order valence-electron chi connectivity index (χ1n) is 31.6. The van der Waals surface area contributed by atoms with Gasteiger partial charge in [0, 0.05) is 5.75 Å². The zero-order valence-electron chi connectivity index (χ0n) is 51.8. The van der Waals surface area contributed by atoms with E-state index in [1.807, 2.05) is 0 Å². The summed E-state index contributed by atoms with van der Waals surface area (Å²) in [6.07, 6.45) is -90.7. The van der Waals surface area contributed by atoms with Crippen LogP contribution in [0.1, 0.15) is 0 Å². The first-order valence-corrected chi connectivity index (χ1v) is 32.7. The first kappa shape index (κ1) is 80.1. The second kappa shape index (κ2) is 34.2. The highest BCUT2D eigenvalue weighted by Gasteiger charge is 2.61. The summed E-state index contributed by atoms with van der Waals surface area (Å²) in [5, 5.41) is 300. The van der Waals surface area contributed by atoms with Gasteiger partial charge in [0.2, 0.25) is 0 Å². The monoisotopic (exact) mass is 1470 g/mol. The molecular formula is C54H90O44S. The fourth-order valence-corrected chi connectivity index (χ4v) is 14.5. The van der Waals surface area contributed by atoms with Crippen molar-refractivity contribution in [2.24, 2.45) is 0 Å². The van der Waals surface area contributed by atoms with Crippen LogP contribution in [0.5, 0.6) is 0 Å². The summed E-state index contributed by atoms with van der Waals surface area (Å²) in [5.41, 5.74) is -1.68. The van der Waals surface area contributed by atoms with Gasteiger partial charge < -0.3 is 218 Å². The highest BCUT2D eigenvalue weighted by molar-refractivity contribution is 7.99. The van der Waals surface area contributed by atoms with Crippen molar-refractivity contribution >= 4 is 11.8 Å². The normalized spacial score (nSPS) is 55.1. The van der Waals surface area contributed by atoms with Crippen LogP contribution in [0.15, 0.2) is 0 Å². The average molecular weight is 1480 g/mol. The predicted molar refractivity (Wildman–Crippen MR) is 300 cm³/mol. The Labute approximate surface area is 563 Å². The molecule has 0 aliphatic carbocycles. The molecule has 0 spiro atoms. The van der Waals surface area contributed by atoms with Crippen molar-refractivity contribution < 1.29 is 218 Å². The molecule has 0 aromatic rings. The van der Waals surface area contributed by atoms with E-state index in [2.05, 4.69) is 0 Å². The summed E-state index contributed by atoms with van der Waals surface area (Å²) in [6.45, 7) is -8.62. The fraction of sp³-hybridized carbons (Fsp3) is 1.00. The molecule has 45 atom stereocenters. The van der Waals surface area contributed by atoms with E-state index in [-0.39, 0.29) is 0 Å². The summed E-state index contributed by atoms with van der Waals surface area (Å²) < 4.78 is 98.2. The van der Waals surface area contributed by atoms with E-state index < -0.39 is 334 Å². The topological polar surface area (TPSA) is 703 Å². The number of rotatable bonds is 13. The third-order valence-corrected chi connectivity index (χ3v) is 20.2. The molecule has 0 unspecified atom stereocenters. The van der Waals surface area contributed by atoms with E-state index in [0.29, 0.717) is 11.8 Å². The van der Waals surface area contributed by atoms with Crippen molar-refractivity contribution in [2.75, 3.05) is 58.6 Å². The summed E-state index contributed by atoms with van der Waals surface area (Å²) in [7, 11) is 0. The Morgan fingerprint density at radius 1 is 0.202 bits per heavy atom. The first-order chi connectivity index (χ1) is 47.1. The van der Waals surface area contributed by atoms with Crippen LogP contribution < -0.4 is 0 Å². The van der Waals surface area contributed by atoms with Gasteiger partial charge >= 0.3 is 0 Å². The van der Waals surface area contributed by atoms with Crippen molar-refractivity contribution in [3.05, 3.63) is 0 Å². The number of ether oxygens (including phenoxy) is 17. The zero-order chi connectivity index (χ0) is 72.1. The highest BCUT2D eigenvalue weighted by Crippen LogP contribution is 2.41. The standard InChI is InChI=1S/C54H90O44S/c55-1-10-19(63)20(64)29(73)46(82-10)97-44-17(8-62)90-54(37(81)28(44)72)99-9-18-45-27(71)36(80)53(89-18)96-43-16(7-61)87-51(34(78)25(43)69)94-41-14(5-59)85-49(32(76)23(41)67)92-39-12(3-57)83-47(30(74)21(39)65)91-38-11(2-56)84-48(31(75)22(38)66)93-40-13(4-58)86-50(33(77)24(40)68)95-42-15(6-60)88-52(98-45)35(79)26(42)70/h10-81H,1-9H2/t10-,11-,12-,13-,14-,15-,16-,17-,18-,19-,20+,21-,22-,23-,24-,25-,26-,27-,28-,29-,30-,31-,32+,33-,34+,35-,36-,37-,38-,39-,40-,41-,42-,43-,44-,45-,46-,47-,48-,49-,50-,51-,52-,53-,54-/m1/s1. The van der Waals surface area contributed by atoms with Gasteiger partial charge in [0.05, 0.1) is 59.0 Å². The number of hydrogen-bond donors (Lipinski definition) is 27. The summed E-state index contributed by atoms with van der Waals surface area (Å²) in [6, 6.07) is 0. The predicted octanol–water partition coefficient (Wildman–Crippen LogP) is -18.9. The molecule has 44 nitrogen and oxygen atoms in total. The average Bonchev–Trinajstić information content (AvgIpc) is 0.754. The second-order valence-corrected chi connectivity index (χ2v) is 26.4. The third-order valence-electron chi connectivity index (χ3n) is 19.0. The lowest BCUT2D eigenvalue weighted by atomic mass is 9.95. The maximum atomic E-state index is 12.0. The Balaban J connectivity index is 0.938. The molecule has 99 heavy (non-hydrogen) atoms. The highest BCUT2D eigenvalue weighted by atomic mass is 32.2. The molecule has 576 valence electrons. The molecule has 23 aliphatic rings. The molecule has 27 N–H and O–H groups in total. The molecule has 23 heterocycles. The lowest BCUT2D eigenvalue weighted by Gasteiger charge is -2.50. The van der Waals surface area contributed by atoms with Gasteiger partial charge in [-0.2, -0.15) is 0 Å². The van der Waals surface area contributed by atoms with E-state index in [9.17, 15) is 138 Å². The Bertz CT molecular complexity index is 2460. The van der Waals surface area contributed by atoms with Gasteiger partial charge in [-0.3, -0.25) is 0 Å². The second-order valence-electron chi connectivity index (χ2n) is 25.3. The molecule has 0 amide bonds. The van der Waals surface area contributed by atoms with Gasteiger partial charge in [0.15, 0.2) is 50.3 Å². The van der Waals surface area contributed by atoms with Gasteiger partial charge in [-0.15, -0.1) is 11.8 Å².